The number of nitrogens with two attached hydrogens (primary N) is 1. The number of fused-ring (bicyclic) bond motifs is 1. The molecular weight excluding hydrogens is 284 g/mol. The predicted molar refractivity (Wildman–Crippen MR) is 83.5 cm³/mol. The minimum absolute atomic E-state index is 0.486. The Morgan fingerprint density at radius 3 is 3.05 bits per heavy atom. The number of nitrogens with zero attached hydrogens (tertiary/aromatic N) is 2. The van der Waals surface area contributed by atoms with E-state index in [1.807, 2.05) is 37.4 Å². The molecule has 3 N–H and O–H groups in total. The highest BCUT2D eigenvalue weighted by Gasteiger charge is 2.08. The van der Waals surface area contributed by atoms with Crippen LogP contribution in [0, 0.1) is 0 Å². The molecule has 0 fully saturated rings. The Morgan fingerprint density at radius 1 is 1.33 bits per heavy atom. The molecule has 21 heavy (non-hydrogen) atoms. The molecule has 0 spiro atoms. The Hall–Kier alpha value is -2.05. The van der Waals surface area contributed by atoms with Gasteiger partial charge in [0.05, 0.1) is 17.6 Å². The zero-order valence-electron chi connectivity index (χ0n) is 11.7. The molecule has 0 radical (unpaired) electrons. The summed E-state index contributed by atoms with van der Waals surface area (Å²) in [6.45, 7) is 3.10. The van der Waals surface area contributed by atoms with Gasteiger partial charge < -0.3 is 15.5 Å². The van der Waals surface area contributed by atoms with Crippen molar-refractivity contribution in [2.45, 2.75) is 23.5 Å². The summed E-state index contributed by atoms with van der Waals surface area (Å²) in [7, 11) is 0. The summed E-state index contributed by atoms with van der Waals surface area (Å²) in [4.78, 5) is 13.0. The van der Waals surface area contributed by atoms with Crippen molar-refractivity contribution in [1.82, 2.24) is 15.0 Å². The lowest BCUT2D eigenvalue weighted by Crippen LogP contribution is -1.98. The van der Waals surface area contributed by atoms with E-state index in [-0.39, 0.29) is 0 Å². The summed E-state index contributed by atoms with van der Waals surface area (Å²) in [5, 5.41) is 0.821. The Morgan fingerprint density at radius 2 is 2.24 bits per heavy atom. The van der Waals surface area contributed by atoms with Crippen LogP contribution >= 0.6 is 11.8 Å². The molecule has 0 amide bonds. The number of hydrogen-bond acceptors (Lipinski definition) is 5. The van der Waals surface area contributed by atoms with E-state index in [2.05, 4.69) is 15.0 Å². The van der Waals surface area contributed by atoms with E-state index in [9.17, 15) is 0 Å². The van der Waals surface area contributed by atoms with E-state index in [0.29, 0.717) is 13.2 Å². The number of benzene rings is 1. The van der Waals surface area contributed by atoms with Crippen LogP contribution in [0.3, 0.4) is 0 Å². The number of rotatable bonds is 5. The van der Waals surface area contributed by atoms with Gasteiger partial charge in [-0.1, -0.05) is 0 Å². The first kappa shape index (κ1) is 13.9. The lowest BCUT2D eigenvalue weighted by molar-refractivity contribution is 0.340. The van der Waals surface area contributed by atoms with Gasteiger partial charge in [0.2, 0.25) is 0 Å². The molecule has 3 aromatic rings. The number of nitrogens with one attached hydrogen (secondary N) is 1. The molecule has 0 aliphatic carbocycles. The number of H-pyrrole nitrogens is 1. The van der Waals surface area contributed by atoms with Gasteiger partial charge in [0.25, 0.3) is 0 Å². The van der Waals surface area contributed by atoms with Crippen LogP contribution in [0.4, 0.5) is 0 Å². The Labute approximate surface area is 126 Å². The third kappa shape index (κ3) is 3.01. The maximum atomic E-state index is 5.74. The zero-order chi connectivity index (χ0) is 14.7. The van der Waals surface area contributed by atoms with E-state index in [4.69, 9.17) is 10.5 Å². The van der Waals surface area contributed by atoms with Crippen molar-refractivity contribution in [3.63, 3.8) is 0 Å². The fourth-order valence-corrected chi connectivity index (χ4v) is 2.95. The molecule has 2 heterocycles. The molecule has 0 bridgehead atoms. The van der Waals surface area contributed by atoms with E-state index < -0.39 is 0 Å². The Bertz CT molecular complexity index is 756. The molecule has 0 saturated heterocycles. The van der Waals surface area contributed by atoms with Gasteiger partial charge >= 0.3 is 0 Å². The van der Waals surface area contributed by atoms with Crippen molar-refractivity contribution in [2.24, 2.45) is 5.73 Å². The molecule has 0 unspecified atom stereocenters. The highest BCUT2D eigenvalue weighted by molar-refractivity contribution is 7.99. The van der Waals surface area contributed by atoms with Crippen molar-refractivity contribution < 1.29 is 4.74 Å². The highest BCUT2D eigenvalue weighted by atomic mass is 32.2. The summed E-state index contributed by atoms with van der Waals surface area (Å²) in [5.41, 5.74) is 8.68. The standard InChI is InChI=1S/C15H16N4OS/c1-2-20-11-3-4-12-13(7-11)19-15(18-12)21-14-9-17-6-5-10(14)8-16/h3-7,9H,2,8,16H2,1H3,(H,18,19). The molecule has 5 nitrogen and oxygen atoms in total. The maximum absolute atomic E-state index is 5.74. The highest BCUT2D eigenvalue weighted by Crippen LogP contribution is 2.30. The van der Waals surface area contributed by atoms with Crippen LogP contribution in [-0.4, -0.2) is 21.6 Å². The largest absolute Gasteiger partial charge is 0.494 e. The van der Waals surface area contributed by atoms with Crippen LogP contribution in [0.15, 0.2) is 46.7 Å². The average Bonchev–Trinajstić information content (AvgIpc) is 2.89. The smallest absolute Gasteiger partial charge is 0.171 e. The second kappa shape index (κ2) is 6.15. The van der Waals surface area contributed by atoms with E-state index in [1.54, 1.807) is 6.20 Å². The molecule has 6 heteroatoms. The summed E-state index contributed by atoms with van der Waals surface area (Å²) < 4.78 is 5.50. The second-order valence-electron chi connectivity index (χ2n) is 4.44. The van der Waals surface area contributed by atoms with Gasteiger partial charge in [-0.05, 0) is 42.4 Å². The molecule has 3 rings (SSSR count). The predicted octanol–water partition coefficient (Wildman–Crippen LogP) is 2.97. The van der Waals surface area contributed by atoms with E-state index in [0.717, 1.165) is 32.4 Å². The van der Waals surface area contributed by atoms with Crippen molar-refractivity contribution >= 4 is 22.8 Å². The molecule has 0 atom stereocenters. The first-order valence-electron chi connectivity index (χ1n) is 6.73. The second-order valence-corrected chi connectivity index (χ2v) is 5.47. The third-order valence-electron chi connectivity index (χ3n) is 3.04. The monoisotopic (exact) mass is 300 g/mol. The summed E-state index contributed by atoms with van der Waals surface area (Å²) in [5.74, 6) is 0.842. The quantitative estimate of drug-likeness (QED) is 0.757. The van der Waals surface area contributed by atoms with Gasteiger partial charge in [0.15, 0.2) is 5.16 Å². The first-order valence-corrected chi connectivity index (χ1v) is 7.55. The fraction of sp³-hybridized carbons (Fsp3) is 0.200. The molecular formula is C15H16N4OS. The number of imidazole rings is 1. The van der Waals surface area contributed by atoms with Gasteiger partial charge in [0.1, 0.15) is 5.75 Å². The summed E-state index contributed by atoms with van der Waals surface area (Å²) >= 11 is 1.53. The van der Waals surface area contributed by atoms with Gasteiger partial charge in [-0.2, -0.15) is 0 Å². The molecule has 0 saturated carbocycles. The fourth-order valence-electron chi connectivity index (χ4n) is 2.04. The van der Waals surface area contributed by atoms with Crippen LogP contribution in [0.2, 0.25) is 0 Å². The normalized spacial score (nSPS) is 11.0. The number of aromatic nitrogens is 3. The van der Waals surface area contributed by atoms with Crippen LogP contribution in [0.1, 0.15) is 12.5 Å². The first-order chi connectivity index (χ1) is 10.3. The number of pyridine rings is 1. The topological polar surface area (TPSA) is 76.8 Å². The lowest BCUT2D eigenvalue weighted by atomic mass is 10.3. The van der Waals surface area contributed by atoms with Crippen molar-refractivity contribution in [2.75, 3.05) is 6.61 Å². The van der Waals surface area contributed by atoms with Crippen molar-refractivity contribution in [1.29, 1.82) is 0 Å². The molecule has 2 aromatic heterocycles. The zero-order valence-corrected chi connectivity index (χ0v) is 12.5. The van der Waals surface area contributed by atoms with Crippen LogP contribution < -0.4 is 10.5 Å². The minimum atomic E-state index is 0.486. The SMILES string of the molecule is CCOc1ccc2nc(Sc3cnccc3CN)[nH]c2c1. The van der Waals surface area contributed by atoms with Crippen molar-refractivity contribution in [3.8, 4) is 5.75 Å². The van der Waals surface area contributed by atoms with Crippen LogP contribution in [0.25, 0.3) is 11.0 Å². The Balaban J connectivity index is 1.90. The maximum Gasteiger partial charge on any atom is 0.171 e. The molecule has 108 valence electrons. The van der Waals surface area contributed by atoms with Gasteiger partial charge in [-0.3, -0.25) is 4.98 Å². The minimum Gasteiger partial charge on any atom is -0.494 e. The van der Waals surface area contributed by atoms with E-state index >= 15 is 0 Å². The van der Waals surface area contributed by atoms with Crippen molar-refractivity contribution in [3.05, 3.63) is 42.2 Å². The van der Waals surface area contributed by atoms with Gasteiger partial charge in [-0.25, -0.2) is 4.98 Å². The van der Waals surface area contributed by atoms with E-state index in [1.165, 1.54) is 11.8 Å². The van der Waals surface area contributed by atoms with Crippen LogP contribution in [0.5, 0.6) is 5.75 Å². The average molecular weight is 300 g/mol. The summed E-state index contributed by atoms with van der Waals surface area (Å²) in [6, 6.07) is 7.77. The number of hydrogen-bond donors (Lipinski definition) is 2. The molecule has 0 aliphatic heterocycles. The number of ether oxygens (including phenoxy) is 1. The van der Waals surface area contributed by atoms with Gasteiger partial charge in [-0.15, -0.1) is 0 Å². The number of aromatic amines is 1. The Kier molecular flexibility index (Phi) is 4.08. The van der Waals surface area contributed by atoms with Gasteiger partial charge in [0, 0.05) is 29.9 Å². The van der Waals surface area contributed by atoms with Crippen LogP contribution in [-0.2, 0) is 6.54 Å². The lowest BCUT2D eigenvalue weighted by Gasteiger charge is -2.03. The molecule has 0 aliphatic rings. The summed E-state index contributed by atoms with van der Waals surface area (Å²) in [6.07, 6.45) is 3.56. The third-order valence-corrected chi connectivity index (χ3v) is 4.01. The molecule has 1 aromatic carbocycles.